The molecule has 0 radical (unpaired) electrons. The van der Waals surface area contributed by atoms with Gasteiger partial charge in [-0.25, -0.2) is 0 Å². The predicted molar refractivity (Wildman–Crippen MR) is 209 cm³/mol. The Morgan fingerprint density at radius 1 is 0.320 bits per heavy atom. The molecule has 0 amide bonds. The minimum absolute atomic E-state index is 1.02. The van der Waals surface area contributed by atoms with E-state index in [2.05, 4.69) is 143 Å². The highest BCUT2D eigenvalue weighted by molar-refractivity contribution is 6.37. The predicted octanol–water partition coefficient (Wildman–Crippen LogP) is 11.9. The van der Waals surface area contributed by atoms with Crippen LogP contribution in [0.5, 0.6) is 0 Å². The molecule has 0 saturated heterocycles. The van der Waals surface area contributed by atoms with E-state index in [1.807, 2.05) is 24.5 Å². The average Bonchev–Trinajstić information content (AvgIpc) is 3.69. The van der Waals surface area contributed by atoms with Crippen LogP contribution in [0.1, 0.15) is 0 Å². The Bertz CT molecular complexity index is 3160. The topological polar surface area (TPSA) is 35.6 Å². The summed E-state index contributed by atoms with van der Waals surface area (Å²) in [4.78, 5) is 10.0. The number of rotatable bonds is 2. The van der Waals surface area contributed by atoms with Gasteiger partial charge in [-0.15, -0.1) is 0 Å². The molecule has 0 unspecified atom stereocenters. The molecule has 0 aliphatic heterocycles. The summed E-state index contributed by atoms with van der Waals surface area (Å²) in [6.07, 6.45) is 3.84. The van der Waals surface area contributed by atoms with Crippen LogP contribution in [0.4, 0.5) is 0 Å². The molecule has 0 atom stereocenters. The van der Waals surface area contributed by atoms with Crippen LogP contribution >= 0.6 is 0 Å². The van der Waals surface area contributed by atoms with E-state index in [-0.39, 0.29) is 0 Å². The number of hydrogen-bond acceptors (Lipinski definition) is 2. The maximum Gasteiger partial charge on any atom is 0.0969 e. The Morgan fingerprint density at radius 3 is 1.24 bits per heavy atom. The van der Waals surface area contributed by atoms with Crippen LogP contribution in [0.3, 0.4) is 0 Å². The van der Waals surface area contributed by atoms with Gasteiger partial charge in [0.15, 0.2) is 0 Å². The standard InChI is InChI=1S/C46H26N4/c1-3-9-29-23-33(17-13-27(29)7-1)49-37-11-5-21-47-45(37)43-35-19-16-32-26-40-44(36-20-15-31(25-39(43)49)41(35)42(32)36)46-38(12-6-22-48-46)50(40)34-18-14-28-8-2-4-10-30(28)24-34/h1-26H. The first-order chi connectivity index (χ1) is 24.8. The van der Waals surface area contributed by atoms with Gasteiger partial charge in [0.1, 0.15) is 0 Å². The molecule has 4 nitrogen and oxygen atoms in total. The lowest BCUT2D eigenvalue weighted by molar-refractivity contribution is 1.18. The molecule has 12 aromatic rings. The van der Waals surface area contributed by atoms with Gasteiger partial charge in [0.25, 0.3) is 0 Å². The highest BCUT2D eigenvalue weighted by atomic mass is 15.0. The van der Waals surface area contributed by atoms with E-state index in [0.29, 0.717) is 0 Å². The molecule has 230 valence electrons. The molecule has 50 heavy (non-hydrogen) atoms. The number of pyridine rings is 2. The minimum atomic E-state index is 1.02. The molecule has 0 aliphatic carbocycles. The Balaban J connectivity index is 1.21. The summed E-state index contributed by atoms with van der Waals surface area (Å²) in [5.74, 6) is 0. The van der Waals surface area contributed by atoms with Crippen LogP contribution in [-0.2, 0) is 0 Å². The fraction of sp³-hybridized carbons (Fsp3) is 0. The van der Waals surface area contributed by atoms with Crippen molar-refractivity contribution in [3.05, 3.63) is 158 Å². The highest BCUT2D eigenvalue weighted by Gasteiger charge is 2.23. The van der Waals surface area contributed by atoms with E-state index in [1.54, 1.807) is 0 Å². The smallest absolute Gasteiger partial charge is 0.0969 e. The van der Waals surface area contributed by atoms with Gasteiger partial charge >= 0.3 is 0 Å². The summed E-state index contributed by atoms with van der Waals surface area (Å²) in [7, 11) is 0. The Hall–Kier alpha value is -6.78. The van der Waals surface area contributed by atoms with E-state index >= 15 is 0 Å². The van der Waals surface area contributed by atoms with Crippen LogP contribution in [0.2, 0.25) is 0 Å². The van der Waals surface area contributed by atoms with Crippen molar-refractivity contribution in [2.24, 2.45) is 0 Å². The third-order valence-electron chi connectivity index (χ3n) is 10.9. The summed E-state index contributed by atoms with van der Waals surface area (Å²) in [5.41, 5.74) is 8.87. The van der Waals surface area contributed by atoms with Gasteiger partial charge in [0.2, 0.25) is 0 Å². The molecule has 12 rings (SSSR count). The zero-order chi connectivity index (χ0) is 32.5. The van der Waals surface area contributed by atoms with E-state index in [4.69, 9.17) is 9.97 Å². The van der Waals surface area contributed by atoms with Crippen molar-refractivity contribution < 1.29 is 0 Å². The van der Waals surface area contributed by atoms with Crippen molar-refractivity contribution in [2.75, 3.05) is 0 Å². The van der Waals surface area contributed by atoms with Gasteiger partial charge in [-0.2, -0.15) is 0 Å². The molecular weight excluding hydrogens is 609 g/mol. The molecular formula is C46H26N4. The van der Waals surface area contributed by atoms with Crippen LogP contribution in [0.25, 0.3) is 109 Å². The number of benzene rings is 8. The van der Waals surface area contributed by atoms with E-state index in [9.17, 15) is 0 Å². The summed E-state index contributed by atoms with van der Waals surface area (Å²) in [6, 6.07) is 53.1. The van der Waals surface area contributed by atoms with Gasteiger partial charge in [-0.3, -0.25) is 9.97 Å². The van der Waals surface area contributed by atoms with Crippen molar-refractivity contribution in [3.8, 4) is 11.4 Å². The van der Waals surface area contributed by atoms with Crippen LogP contribution < -0.4 is 0 Å². The maximum atomic E-state index is 5.02. The monoisotopic (exact) mass is 634 g/mol. The Labute approximate surface area is 285 Å². The second kappa shape index (κ2) is 9.43. The number of aromatic nitrogens is 4. The number of fused-ring (bicyclic) bond motifs is 10. The van der Waals surface area contributed by atoms with Crippen LogP contribution in [-0.4, -0.2) is 19.1 Å². The number of nitrogens with zero attached hydrogens (tertiary/aromatic N) is 4. The molecule has 0 N–H and O–H groups in total. The lowest BCUT2D eigenvalue weighted by Gasteiger charge is -2.15. The van der Waals surface area contributed by atoms with Gasteiger partial charge in [-0.1, -0.05) is 84.9 Å². The first kappa shape index (κ1) is 26.2. The first-order valence-corrected chi connectivity index (χ1v) is 17.1. The molecule has 4 heterocycles. The van der Waals surface area contributed by atoms with Crippen molar-refractivity contribution >= 4 is 97.7 Å². The lowest BCUT2D eigenvalue weighted by Crippen LogP contribution is -1.95. The molecule has 0 saturated carbocycles. The zero-order valence-electron chi connectivity index (χ0n) is 26.8. The van der Waals surface area contributed by atoms with Gasteiger partial charge in [-0.05, 0) is 115 Å². The summed E-state index contributed by atoms with van der Waals surface area (Å²) < 4.78 is 4.77. The SMILES string of the molecule is c1ccc2cc(-n3c4cccnc4c4c5ccc6cc7c(c8ccc(cc43)c5c68)c3ncccc3n7-c3ccc4ccccc4c3)ccc2c1. The average molecular weight is 635 g/mol. The second-order valence-corrected chi connectivity index (χ2v) is 13.4. The Morgan fingerprint density at radius 2 is 0.760 bits per heavy atom. The largest absolute Gasteiger partial charge is 0.308 e. The van der Waals surface area contributed by atoms with Gasteiger partial charge in [0, 0.05) is 34.5 Å². The molecule has 0 bridgehead atoms. The van der Waals surface area contributed by atoms with E-state index in [1.165, 1.54) is 75.7 Å². The molecule has 0 aliphatic rings. The fourth-order valence-corrected chi connectivity index (χ4v) is 8.76. The van der Waals surface area contributed by atoms with Crippen molar-refractivity contribution in [1.29, 1.82) is 0 Å². The first-order valence-electron chi connectivity index (χ1n) is 17.1. The molecule has 4 aromatic heterocycles. The zero-order valence-corrected chi connectivity index (χ0v) is 26.8. The lowest BCUT2D eigenvalue weighted by atomic mass is 9.91. The quantitative estimate of drug-likeness (QED) is 0.177. The minimum Gasteiger partial charge on any atom is -0.308 e. The van der Waals surface area contributed by atoms with Crippen molar-refractivity contribution in [1.82, 2.24) is 19.1 Å². The van der Waals surface area contributed by atoms with E-state index < -0.39 is 0 Å². The third-order valence-corrected chi connectivity index (χ3v) is 10.9. The summed E-state index contributed by atoms with van der Waals surface area (Å²) in [6.45, 7) is 0. The third kappa shape index (κ3) is 3.34. The molecule has 4 heteroatoms. The molecule has 0 fully saturated rings. The van der Waals surface area contributed by atoms with Crippen molar-refractivity contribution in [3.63, 3.8) is 0 Å². The Kier molecular flexibility index (Phi) is 4.94. The summed E-state index contributed by atoms with van der Waals surface area (Å²) >= 11 is 0. The maximum absolute atomic E-state index is 5.02. The van der Waals surface area contributed by atoms with Crippen LogP contribution in [0.15, 0.2) is 158 Å². The van der Waals surface area contributed by atoms with Crippen molar-refractivity contribution in [2.45, 2.75) is 0 Å². The fourth-order valence-electron chi connectivity index (χ4n) is 8.76. The van der Waals surface area contributed by atoms with Gasteiger partial charge in [0.05, 0.1) is 33.1 Å². The van der Waals surface area contributed by atoms with E-state index in [0.717, 1.165) is 33.4 Å². The molecule has 8 aromatic carbocycles. The second-order valence-electron chi connectivity index (χ2n) is 13.4. The highest BCUT2D eigenvalue weighted by Crippen LogP contribution is 2.46. The van der Waals surface area contributed by atoms with Gasteiger partial charge < -0.3 is 9.13 Å². The number of hydrogen-bond donors (Lipinski definition) is 0. The van der Waals surface area contributed by atoms with Crippen LogP contribution in [0, 0.1) is 0 Å². The normalized spacial score (nSPS) is 12.4. The summed E-state index contributed by atoms with van der Waals surface area (Å²) in [5, 5.41) is 14.8. The molecule has 0 spiro atoms.